The lowest BCUT2D eigenvalue weighted by atomic mass is 9.97. The van der Waals surface area contributed by atoms with Crippen molar-refractivity contribution in [1.29, 1.82) is 0 Å². The Morgan fingerprint density at radius 3 is 2.50 bits per heavy atom. The molecule has 1 rings (SSSR count). The molecule has 1 aliphatic heterocycles. The smallest absolute Gasteiger partial charge is 0.394 e. The average Bonchev–Trinajstić information content (AvgIpc) is 2.38. The van der Waals surface area contributed by atoms with Gasteiger partial charge in [0.25, 0.3) is 5.91 Å². The second-order valence-corrected chi connectivity index (χ2v) is 3.96. The summed E-state index contributed by atoms with van der Waals surface area (Å²) in [6.07, 6.45) is -6.88. The molecule has 0 radical (unpaired) electrons. The highest BCUT2D eigenvalue weighted by atomic mass is 19.3. The fraction of sp³-hybridized carbons (Fsp3) is 0.875. The summed E-state index contributed by atoms with van der Waals surface area (Å²) in [6, 6.07) is -6.23. The Morgan fingerprint density at radius 1 is 1.40 bits per heavy atom. The maximum atomic E-state index is 12.9. The summed E-state index contributed by atoms with van der Waals surface area (Å²) in [5, 5.41) is 40.7. The molecular weight excluding hydrogens is 286 g/mol. The monoisotopic (exact) mass is 298 g/mol. The van der Waals surface area contributed by atoms with Gasteiger partial charge in [0, 0.05) is 4.91 Å². The van der Waals surface area contributed by atoms with Crippen LogP contribution in [0.15, 0.2) is 5.11 Å². The maximum absolute atomic E-state index is 12.9. The second kappa shape index (κ2) is 6.26. The summed E-state index contributed by atoms with van der Waals surface area (Å²) in [5.74, 6) is -2.09. The van der Waals surface area contributed by atoms with Crippen LogP contribution in [0.2, 0.25) is 0 Å². The van der Waals surface area contributed by atoms with E-state index in [0.29, 0.717) is 0 Å². The second-order valence-electron chi connectivity index (χ2n) is 3.96. The number of amides is 1. The SMILES string of the molecule is [N-]=[N+]=NC(F)(F)C(=O)NC1C(O)OC(CO)[C@H](O)C1O. The van der Waals surface area contributed by atoms with Crippen LogP contribution < -0.4 is 5.32 Å². The number of hydrogen-bond donors (Lipinski definition) is 5. The summed E-state index contributed by atoms with van der Waals surface area (Å²) < 4.78 is 30.5. The zero-order valence-corrected chi connectivity index (χ0v) is 9.80. The summed E-state index contributed by atoms with van der Waals surface area (Å²) in [5.41, 5.74) is 7.88. The summed E-state index contributed by atoms with van der Waals surface area (Å²) in [7, 11) is 0. The van der Waals surface area contributed by atoms with E-state index in [1.54, 1.807) is 4.91 Å². The maximum Gasteiger partial charge on any atom is 0.401 e. The molecule has 114 valence electrons. The van der Waals surface area contributed by atoms with Gasteiger partial charge in [-0.15, -0.1) is 0 Å². The van der Waals surface area contributed by atoms with E-state index in [4.69, 9.17) is 10.6 Å². The van der Waals surface area contributed by atoms with Crippen molar-refractivity contribution in [2.24, 2.45) is 5.11 Å². The summed E-state index contributed by atoms with van der Waals surface area (Å²) >= 11 is 0. The molecule has 1 saturated heterocycles. The molecule has 0 spiro atoms. The molecule has 12 heteroatoms. The van der Waals surface area contributed by atoms with Crippen LogP contribution in [0.5, 0.6) is 0 Å². The number of alkyl halides is 2. The Morgan fingerprint density at radius 2 is 2.00 bits per heavy atom. The predicted octanol–water partition coefficient (Wildman–Crippen LogP) is -2.19. The zero-order chi connectivity index (χ0) is 15.5. The van der Waals surface area contributed by atoms with Crippen LogP contribution in [0.4, 0.5) is 8.78 Å². The largest absolute Gasteiger partial charge is 0.401 e. The Kier molecular flexibility index (Phi) is 5.16. The Labute approximate surface area is 110 Å². The van der Waals surface area contributed by atoms with Crippen molar-refractivity contribution in [1.82, 2.24) is 5.32 Å². The van der Waals surface area contributed by atoms with E-state index in [-0.39, 0.29) is 0 Å². The van der Waals surface area contributed by atoms with Gasteiger partial charge in [-0.1, -0.05) is 0 Å². The van der Waals surface area contributed by atoms with E-state index >= 15 is 0 Å². The van der Waals surface area contributed by atoms with Crippen LogP contribution in [0.3, 0.4) is 0 Å². The number of aliphatic hydroxyl groups excluding tert-OH is 4. The first kappa shape index (κ1) is 16.5. The molecule has 0 saturated carbocycles. The molecule has 5 atom stereocenters. The van der Waals surface area contributed by atoms with Crippen LogP contribution in [-0.4, -0.2) is 69.6 Å². The van der Waals surface area contributed by atoms with E-state index in [9.17, 15) is 28.9 Å². The number of halogens is 2. The number of aliphatic hydroxyl groups is 4. The zero-order valence-electron chi connectivity index (χ0n) is 9.80. The van der Waals surface area contributed by atoms with E-state index in [1.807, 2.05) is 5.11 Å². The van der Waals surface area contributed by atoms with Crippen molar-refractivity contribution in [3.05, 3.63) is 10.4 Å². The first-order valence-corrected chi connectivity index (χ1v) is 5.30. The molecule has 0 aromatic rings. The lowest BCUT2D eigenvalue weighted by molar-refractivity contribution is -0.254. The number of hydrogen-bond acceptors (Lipinski definition) is 7. The minimum absolute atomic E-state index is 0.745. The van der Waals surface area contributed by atoms with Gasteiger partial charge >= 0.3 is 6.05 Å². The fourth-order valence-electron chi connectivity index (χ4n) is 1.59. The lowest BCUT2D eigenvalue weighted by Gasteiger charge is -2.40. The van der Waals surface area contributed by atoms with Crippen LogP contribution in [0.25, 0.3) is 10.4 Å². The van der Waals surface area contributed by atoms with Crippen LogP contribution in [0.1, 0.15) is 0 Å². The van der Waals surface area contributed by atoms with Crippen molar-refractivity contribution in [3.8, 4) is 0 Å². The Hall–Kier alpha value is -1.56. The molecule has 4 unspecified atom stereocenters. The average molecular weight is 298 g/mol. The first-order chi connectivity index (χ1) is 9.24. The topological polar surface area (TPSA) is 168 Å². The van der Waals surface area contributed by atoms with E-state index in [0.717, 1.165) is 0 Å². The van der Waals surface area contributed by atoms with Crippen LogP contribution in [0, 0.1) is 0 Å². The number of nitrogens with zero attached hydrogens (tertiary/aromatic N) is 3. The van der Waals surface area contributed by atoms with Crippen LogP contribution in [-0.2, 0) is 9.53 Å². The highest BCUT2D eigenvalue weighted by Crippen LogP contribution is 2.22. The number of azide groups is 1. The van der Waals surface area contributed by atoms with Crippen LogP contribution >= 0.6 is 0 Å². The molecule has 10 nitrogen and oxygen atoms in total. The standard InChI is InChI=1S/C8H12F2N4O6/c9-8(10,13-14-11)7(19)12-3-5(17)4(16)2(1-15)20-6(3)18/h2-6,15-18H,1H2,(H,12,19)/t2?,3?,4-,5?,6?/m0/s1. The molecule has 1 aliphatic rings. The third kappa shape index (κ3) is 3.30. The Bertz CT molecular complexity index is 418. The minimum atomic E-state index is -4.44. The third-order valence-corrected chi connectivity index (χ3v) is 2.64. The predicted molar refractivity (Wildman–Crippen MR) is 56.0 cm³/mol. The quantitative estimate of drug-likeness (QED) is 0.171. The number of ether oxygens (including phenoxy) is 1. The Balaban J connectivity index is 2.81. The van der Waals surface area contributed by atoms with Gasteiger partial charge in [0.2, 0.25) is 0 Å². The highest BCUT2D eigenvalue weighted by Gasteiger charge is 2.47. The van der Waals surface area contributed by atoms with Gasteiger partial charge in [-0.05, 0) is 10.6 Å². The van der Waals surface area contributed by atoms with Gasteiger partial charge in [0.15, 0.2) is 6.29 Å². The molecule has 5 N–H and O–H groups in total. The first-order valence-electron chi connectivity index (χ1n) is 5.30. The van der Waals surface area contributed by atoms with Crippen molar-refractivity contribution in [2.75, 3.05) is 6.61 Å². The van der Waals surface area contributed by atoms with Gasteiger partial charge < -0.3 is 30.5 Å². The van der Waals surface area contributed by atoms with E-state index in [2.05, 4.69) is 4.74 Å². The molecular formula is C8H12F2N4O6. The number of carbonyl (C=O) groups excluding carboxylic acids is 1. The van der Waals surface area contributed by atoms with Gasteiger partial charge in [-0.3, -0.25) is 4.79 Å². The molecule has 0 bridgehead atoms. The third-order valence-electron chi connectivity index (χ3n) is 2.64. The van der Waals surface area contributed by atoms with Gasteiger partial charge in [-0.2, -0.15) is 8.78 Å². The van der Waals surface area contributed by atoms with Crippen molar-refractivity contribution >= 4 is 5.91 Å². The normalized spacial score (nSPS) is 34.2. The van der Waals surface area contributed by atoms with Gasteiger partial charge in [0.1, 0.15) is 24.4 Å². The summed E-state index contributed by atoms with van der Waals surface area (Å²) in [4.78, 5) is 12.9. The summed E-state index contributed by atoms with van der Waals surface area (Å²) in [6.45, 7) is -0.745. The number of carbonyl (C=O) groups is 1. The molecule has 1 fully saturated rings. The van der Waals surface area contributed by atoms with Crippen molar-refractivity contribution in [2.45, 2.75) is 36.7 Å². The highest BCUT2D eigenvalue weighted by molar-refractivity contribution is 5.83. The minimum Gasteiger partial charge on any atom is -0.394 e. The molecule has 0 aromatic heterocycles. The number of nitrogens with one attached hydrogen (secondary N) is 1. The number of rotatable bonds is 4. The molecule has 1 heterocycles. The fourth-order valence-corrected chi connectivity index (χ4v) is 1.59. The van der Waals surface area contributed by atoms with E-state index < -0.39 is 49.2 Å². The van der Waals surface area contributed by atoms with Gasteiger partial charge in [-0.25, -0.2) is 0 Å². The van der Waals surface area contributed by atoms with Crippen molar-refractivity contribution in [3.63, 3.8) is 0 Å². The lowest BCUT2D eigenvalue weighted by Crippen LogP contribution is -2.65. The molecule has 1 amide bonds. The van der Waals surface area contributed by atoms with E-state index in [1.165, 1.54) is 5.32 Å². The molecule has 0 aromatic carbocycles. The molecule has 0 aliphatic carbocycles. The van der Waals surface area contributed by atoms with Crippen molar-refractivity contribution < 1.29 is 38.7 Å². The van der Waals surface area contributed by atoms with Gasteiger partial charge in [0.05, 0.1) is 6.61 Å². The molecule has 20 heavy (non-hydrogen) atoms.